The van der Waals surface area contributed by atoms with E-state index in [1.165, 1.54) is 79.7 Å². The van der Waals surface area contributed by atoms with E-state index in [1.807, 2.05) is 165 Å². The van der Waals surface area contributed by atoms with Gasteiger partial charge in [0.05, 0.1) is 40.3 Å². The second-order valence-electron chi connectivity index (χ2n) is 24.2. The lowest BCUT2D eigenvalue weighted by Crippen LogP contribution is -2.56. The molecule has 0 unspecified atom stereocenters. The Balaban J connectivity index is -0.0000000545. The zero-order chi connectivity index (χ0) is 115. The summed E-state index contributed by atoms with van der Waals surface area (Å²) in [6.07, 6.45) is 10.4. The Labute approximate surface area is 828 Å². The molecule has 136 heavy (non-hydrogen) atoms. The number of esters is 2. The van der Waals surface area contributed by atoms with E-state index in [-0.39, 0.29) is 36.7 Å². The predicted molar refractivity (Wildman–Crippen MR) is 551 cm³/mol. The molecule has 0 bridgehead atoms. The number of ether oxygens (including phenoxy) is 4. The van der Waals surface area contributed by atoms with E-state index in [2.05, 4.69) is 171 Å². The number of nitrogens with one attached hydrogen (secondary N) is 5. The summed E-state index contributed by atoms with van der Waals surface area (Å²) in [5, 5.41) is 13.9. The van der Waals surface area contributed by atoms with Gasteiger partial charge in [0.25, 0.3) is 0 Å². The summed E-state index contributed by atoms with van der Waals surface area (Å²) in [6, 6.07) is 39.0. The maximum absolute atomic E-state index is 11.7. The molecule has 0 aliphatic rings. The first kappa shape index (κ1) is 180. The van der Waals surface area contributed by atoms with Gasteiger partial charge in [-0.05, 0) is 151 Å². The number of sulfonamides is 4. The summed E-state index contributed by atoms with van der Waals surface area (Å²) in [6.45, 7) is 51.5. The average molecular weight is 2210 g/mol. The minimum absolute atomic E-state index is 0.00463. The van der Waals surface area contributed by atoms with Gasteiger partial charge < -0.3 is 54.9 Å². The van der Waals surface area contributed by atoms with Gasteiger partial charge in [-0.25, -0.2) is 47.9 Å². The van der Waals surface area contributed by atoms with Crippen molar-refractivity contribution in [2.24, 2.45) is 5.73 Å². The van der Waals surface area contributed by atoms with Crippen molar-refractivity contribution < 1.29 is 144 Å². The lowest BCUT2D eigenvalue weighted by atomic mass is 10.2. The fourth-order valence-corrected chi connectivity index (χ4v) is 15.2. The Hall–Kier alpha value is -7.94. The molecule has 4 amide bonds. The van der Waals surface area contributed by atoms with Crippen LogP contribution in [0, 0.1) is 0 Å². The molecule has 29 nitrogen and oxygen atoms in total. The summed E-state index contributed by atoms with van der Waals surface area (Å²) in [4.78, 5) is 64.6. The third-order valence-corrected chi connectivity index (χ3v) is 24.9. The largest absolute Gasteiger partial charge is 0.512 e. The van der Waals surface area contributed by atoms with Crippen molar-refractivity contribution in [3.63, 3.8) is 0 Å². The second kappa shape index (κ2) is 119. The molecule has 8 N–H and O–H groups in total. The molecule has 0 aromatic heterocycles. The van der Waals surface area contributed by atoms with E-state index in [4.69, 9.17) is 9.84 Å². The number of imide groups is 1. The first-order valence-electron chi connectivity index (χ1n) is 37.9. The molecule has 51 heteroatoms. The van der Waals surface area contributed by atoms with Crippen molar-refractivity contribution in [2.45, 2.75) is 136 Å². The van der Waals surface area contributed by atoms with E-state index in [0.29, 0.717) is 19.8 Å². The number of allylic oxidation sites excluding steroid dienone is 6. The predicted octanol–water partition coefficient (Wildman–Crippen LogP) is 19.2. The minimum atomic E-state index is -6.59. The van der Waals surface area contributed by atoms with Crippen LogP contribution in [0.5, 0.6) is 5.75 Å². The lowest BCUT2D eigenvalue weighted by molar-refractivity contribution is -0.173. The van der Waals surface area contributed by atoms with E-state index in [1.54, 1.807) is 101 Å². The molecule has 4 rings (SSSR count). The molecule has 0 heterocycles. The van der Waals surface area contributed by atoms with Crippen LogP contribution in [0.3, 0.4) is 0 Å². The number of nitrogens with two attached hydrogens (primary N) is 1. The summed E-state index contributed by atoms with van der Waals surface area (Å²) in [5.41, 5.74) is -11.2. The van der Waals surface area contributed by atoms with Crippen molar-refractivity contribution in [3.8, 4) is 5.75 Å². The van der Waals surface area contributed by atoms with E-state index < -0.39 is 88.9 Å². The molecule has 0 radical (unpaired) electrons. The molecule has 0 aliphatic carbocycles. The summed E-state index contributed by atoms with van der Waals surface area (Å²) in [7, 11) is 3.34. The van der Waals surface area contributed by atoms with Gasteiger partial charge in [0.1, 0.15) is 22.2 Å². The van der Waals surface area contributed by atoms with Crippen molar-refractivity contribution >= 4 is 137 Å². The number of methoxy groups -OCH3 is 4. The van der Waals surface area contributed by atoms with Gasteiger partial charge in [-0.15, -0.1) is 62.8 Å². The van der Waals surface area contributed by atoms with Crippen LogP contribution in [0.15, 0.2) is 202 Å². The van der Waals surface area contributed by atoms with Crippen LogP contribution in [0.25, 0.3) is 0 Å². The lowest BCUT2D eigenvalue weighted by Gasteiger charge is -2.40. The van der Waals surface area contributed by atoms with Gasteiger partial charge in [-0.2, -0.15) is 52.7 Å². The number of carbonyl (C=O) groups is 6. The molecule has 4 aromatic carbocycles. The molecular formula is C85H163BrClF13N10O19S5Si2. The maximum Gasteiger partial charge on any atom is 0.512 e. The Bertz CT molecular complexity index is 3630. The normalized spacial score (nSPS) is 9.35. The highest BCUT2D eigenvalue weighted by atomic mass is 79.9. The Morgan fingerprint density at radius 1 is 0.478 bits per heavy atom. The third-order valence-electron chi connectivity index (χ3n) is 10.5. The summed E-state index contributed by atoms with van der Waals surface area (Å²) in [5.74, 6) is -0.178. The van der Waals surface area contributed by atoms with Gasteiger partial charge in [0.15, 0.2) is 0 Å². The number of para-hydroxylation sites is 2. The van der Waals surface area contributed by atoms with Crippen molar-refractivity contribution in [1.29, 1.82) is 0 Å². The van der Waals surface area contributed by atoms with E-state index in [0.717, 1.165) is 41.5 Å². The average Bonchev–Trinajstić information content (AvgIpc) is 0.761. The number of anilines is 1. The number of hydrogen-bond acceptors (Lipinski definition) is 24. The second-order valence-corrected chi connectivity index (χ2v) is 43.5. The van der Waals surface area contributed by atoms with Crippen LogP contribution in [0.2, 0.25) is 39.3 Å². The smallest absolute Gasteiger partial charge is 0.497 e. The minimum Gasteiger partial charge on any atom is -0.497 e. The molecule has 0 aliphatic heterocycles. The molecule has 810 valence electrons. The number of aliphatic hydroxyl groups is 1. The van der Waals surface area contributed by atoms with E-state index >= 15 is 0 Å². The van der Waals surface area contributed by atoms with Crippen LogP contribution in [-0.2, 0) is 78.3 Å². The zero-order valence-corrected chi connectivity index (χ0v) is 95.1. The number of carbonyl (C=O) groups excluding carboxylic acids is 6. The first-order chi connectivity index (χ1) is 62.0. The standard InChI is InChI=1S/C8H8O2.C7H21NSi2.C7H9N.C7H8O.C7H8S.C5H9NO2.C3H3F6NO4S2.C3H4F3NO.C3H7NO.C3H9N.C3H6O2.6C3H6.C2H4F3NO2S.C2H7NO2S.C2H6O.CH3Br.CH3Cl.CH3F.CH5N.CH4O/c1-10-8(9)7-5-3-2-4-6-7;1-8(9(2,3)4)10(5,6)7;3*1-8-7-5-3-2-4-6-7;1-4(7)6(3)5(2)8;1-10(15(11,12)2(4,5)6)16(13,14)3(7,8)9;1-7-2(8)3(4,5)6;1-3(5)4-2;1-4(2)3;1-3(4)5-2;6*1-3-2;1-6-9(7,8)2(3,4)5;1-3-6(2,4)5;1-3-2;5*1-2/h2-6H,1H3;1-7H3;2-6,8H,1H3;2*2-6H,1H3;1-3H3;1H3;1H3,(H,7,8);1-2H3,(H,4,5);1-3H3;1-2H3;6*3H,1H2,2H3;6H,1H3;3H,1-2H3;1-2H3;3*1H3;2H2,1H3;2H,1H3. The molecule has 0 atom stereocenters. The number of hydrogen-bond donors (Lipinski definition) is 7. The monoisotopic (exact) mass is 2200 g/mol. The molecule has 0 saturated carbocycles. The SMILES string of the molecule is C=CC.C=CC.C=CC.C=CC.C=CC.C=CC.CBr.CC(=O)N(C)C(C)=O.CCl.CF.CN.CN(C)C.CN(S(=O)(=O)C(F)(F)F)S(=O)(=O)C(F)(F)F.CN([Si](C)(C)C)[Si](C)(C)C.CNC(=O)C(F)(F)F.CNC(C)=O.CNS(=O)(=O)C(F)(F)F.CNS(C)(=O)=O.CNc1ccccc1.CO.COC.COC(=O)c1ccccc1.COC(C)=O.COc1ccccc1.CSc1ccccc1. The number of aliphatic hydroxyl groups excluding tert-OH is 1. The van der Waals surface area contributed by atoms with Crippen LogP contribution < -0.4 is 35.9 Å². The van der Waals surface area contributed by atoms with Crippen molar-refractivity contribution in [2.75, 3.05) is 164 Å². The van der Waals surface area contributed by atoms with Gasteiger partial charge >= 0.3 is 70.6 Å². The highest BCUT2D eigenvalue weighted by Gasteiger charge is 2.60. The fourth-order valence-electron chi connectivity index (χ4n) is 4.32. The van der Waals surface area contributed by atoms with Crippen LogP contribution in [0.1, 0.15) is 79.6 Å². The number of halogens is 15. The third kappa shape index (κ3) is 154. The topological polar surface area (TPSA) is 395 Å². The van der Waals surface area contributed by atoms with Gasteiger partial charge in [0.2, 0.25) is 27.7 Å². The number of amides is 4. The Kier molecular flexibility index (Phi) is 158. The number of alkyl halides is 15. The Morgan fingerprint density at radius 2 is 0.706 bits per heavy atom. The molecule has 0 saturated heterocycles. The van der Waals surface area contributed by atoms with Crippen molar-refractivity contribution in [1.82, 2.24) is 37.8 Å². The zero-order valence-electron chi connectivity index (χ0n) is 86.6. The summed E-state index contributed by atoms with van der Waals surface area (Å²) < 4.78 is 249. The fraction of sp³-hybridized carbons (Fsp3) is 0.506. The highest BCUT2D eigenvalue weighted by Crippen LogP contribution is 2.34. The van der Waals surface area contributed by atoms with Crippen molar-refractivity contribution in [3.05, 3.63) is 203 Å². The molecular weight excluding hydrogens is 2040 g/mol. The number of nitrogens with zero attached hydrogens (tertiary/aromatic N) is 4. The van der Waals surface area contributed by atoms with E-state index in [9.17, 15) is 120 Å². The maximum atomic E-state index is 11.7. The Morgan fingerprint density at radius 3 is 0.801 bits per heavy atom. The molecule has 0 fully saturated rings. The van der Waals surface area contributed by atoms with Gasteiger partial charge in [-0.3, -0.25) is 33.3 Å². The van der Waals surface area contributed by atoms with Crippen LogP contribution >= 0.6 is 39.3 Å². The number of rotatable bonds is 10. The highest BCUT2D eigenvalue weighted by molar-refractivity contribution is 9.08. The molecule has 0 spiro atoms. The molecule has 4 aromatic rings. The number of benzene rings is 4. The van der Waals surface area contributed by atoms with Crippen LogP contribution in [-0.4, -0.2) is 290 Å². The number of thioether (sulfide) groups is 1. The van der Waals surface area contributed by atoms with Gasteiger partial charge in [0, 0.05) is 101 Å². The quantitative estimate of drug-likeness (QED) is 0.0194. The van der Waals surface area contributed by atoms with Crippen LogP contribution in [0.4, 0.5) is 62.8 Å². The summed E-state index contributed by atoms with van der Waals surface area (Å²) >= 11 is 9.35. The van der Waals surface area contributed by atoms with Gasteiger partial charge in [-0.1, -0.05) is 168 Å². The first-order valence-corrected chi connectivity index (χ1v) is 54.6.